The summed E-state index contributed by atoms with van der Waals surface area (Å²) in [7, 11) is 1.63. The lowest BCUT2D eigenvalue weighted by Crippen LogP contribution is -2.30. The maximum absolute atomic E-state index is 11.9. The quantitative estimate of drug-likeness (QED) is 0.635. The van der Waals surface area contributed by atoms with Gasteiger partial charge in [-0.2, -0.15) is 0 Å². The molecule has 0 saturated carbocycles. The van der Waals surface area contributed by atoms with E-state index in [4.69, 9.17) is 32.7 Å². The normalized spacial score (nSPS) is 14.8. The molecule has 148 valence electrons. The van der Waals surface area contributed by atoms with Crippen LogP contribution in [0.2, 0.25) is 10.0 Å². The lowest BCUT2D eigenvalue weighted by molar-refractivity contribution is -0.115. The molecule has 0 aromatic heterocycles. The molecular weight excluding hydrogens is 403 g/mol. The van der Waals surface area contributed by atoms with Crippen molar-refractivity contribution in [1.29, 1.82) is 0 Å². The molecule has 0 radical (unpaired) electrons. The van der Waals surface area contributed by atoms with Gasteiger partial charge in [0.2, 0.25) is 0 Å². The van der Waals surface area contributed by atoms with E-state index in [9.17, 15) is 9.59 Å². The Bertz CT molecular complexity index is 893. The van der Waals surface area contributed by atoms with Crippen molar-refractivity contribution in [2.75, 3.05) is 18.6 Å². The third-order valence-corrected chi connectivity index (χ3v) is 5.21. The van der Waals surface area contributed by atoms with Crippen molar-refractivity contribution in [3.05, 3.63) is 45.9 Å². The second kappa shape index (κ2) is 8.29. The molecule has 1 aliphatic rings. The van der Waals surface area contributed by atoms with E-state index in [1.807, 2.05) is 12.1 Å². The molecule has 1 atom stereocenters. The summed E-state index contributed by atoms with van der Waals surface area (Å²) in [5, 5.41) is 2.83. The highest BCUT2D eigenvalue weighted by molar-refractivity contribution is 6.38. The number of carbonyl (C=O) groups excluding carboxylic acids is 2. The summed E-state index contributed by atoms with van der Waals surface area (Å²) in [5.74, 6) is 1.50. The zero-order valence-electron chi connectivity index (χ0n) is 15.7. The van der Waals surface area contributed by atoms with Gasteiger partial charge in [-0.05, 0) is 42.7 Å². The summed E-state index contributed by atoms with van der Waals surface area (Å²) in [6.07, 6.45) is 0.946. The molecule has 2 aromatic rings. The number of urea groups is 1. The van der Waals surface area contributed by atoms with Gasteiger partial charge >= 0.3 is 6.03 Å². The van der Waals surface area contributed by atoms with Crippen LogP contribution < -0.4 is 19.7 Å². The lowest BCUT2D eigenvalue weighted by atomic mass is 9.97. The first-order valence-electron chi connectivity index (χ1n) is 8.81. The number of hydrogen-bond donors (Lipinski definition) is 1. The van der Waals surface area contributed by atoms with Gasteiger partial charge in [0, 0.05) is 5.56 Å². The van der Waals surface area contributed by atoms with E-state index in [2.05, 4.69) is 19.2 Å². The fraction of sp³-hybridized carbons (Fsp3) is 0.300. The summed E-state index contributed by atoms with van der Waals surface area (Å²) >= 11 is 12.7. The molecule has 0 spiro atoms. The Morgan fingerprint density at radius 3 is 2.39 bits per heavy atom. The van der Waals surface area contributed by atoms with Crippen molar-refractivity contribution < 1.29 is 19.1 Å². The topological polar surface area (TPSA) is 67.9 Å². The minimum absolute atomic E-state index is 0.0590. The summed E-state index contributed by atoms with van der Waals surface area (Å²) in [6, 6.07) is 7.93. The molecule has 3 amide bonds. The molecule has 2 aromatic carbocycles. The summed E-state index contributed by atoms with van der Waals surface area (Å²) in [5.41, 5.74) is 1.31. The van der Waals surface area contributed by atoms with Crippen LogP contribution in [0.1, 0.15) is 31.7 Å². The minimum atomic E-state index is -0.515. The summed E-state index contributed by atoms with van der Waals surface area (Å²) in [4.78, 5) is 24.7. The van der Waals surface area contributed by atoms with Crippen molar-refractivity contribution in [3.63, 3.8) is 0 Å². The van der Waals surface area contributed by atoms with Crippen molar-refractivity contribution in [2.24, 2.45) is 0 Å². The number of imide groups is 1. The predicted molar refractivity (Wildman–Crippen MR) is 109 cm³/mol. The summed E-state index contributed by atoms with van der Waals surface area (Å²) in [6.45, 7) is 4.14. The van der Waals surface area contributed by atoms with Crippen LogP contribution >= 0.6 is 23.2 Å². The standard InChI is InChI=1S/C20H20Cl2N2O4/c1-4-11(2)14-9-13(5-6-17(14)27-3)28-19-15(21)7-12(8-16(19)22)24-18(25)10-23-20(24)26/h5-9,11H,4,10H2,1-3H3,(H,23,26). The van der Waals surface area contributed by atoms with Gasteiger partial charge in [-0.15, -0.1) is 0 Å². The second-order valence-corrected chi connectivity index (χ2v) is 7.26. The highest BCUT2D eigenvalue weighted by Gasteiger charge is 2.31. The van der Waals surface area contributed by atoms with E-state index >= 15 is 0 Å². The fourth-order valence-corrected chi connectivity index (χ4v) is 3.51. The van der Waals surface area contributed by atoms with Crippen molar-refractivity contribution in [3.8, 4) is 17.2 Å². The molecule has 28 heavy (non-hydrogen) atoms. The van der Waals surface area contributed by atoms with E-state index in [0.29, 0.717) is 5.75 Å². The SMILES string of the molecule is CCC(C)c1cc(Oc2c(Cl)cc(N3C(=O)CNC3=O)cc2Cl)ccc1OC. The second-order valence-electron chi connectivity index (χ2n) is 6.44. The van der Waals surface area contributed by atoms with Gasteiger partial charge in [0.25, 0.3) is 5.91 Å². The van der Waals surface area contributed by atoms with E-state index in [1.165, 1.54) is 12.1 Å². The number of methoxy groups -OCH3 is 1. The van der Waals surface area contributed by atoms with Crippen molar-refractivity contribution in [1.82, 2.24) is 5.32 Å². The van der Waals surface area contributed by atoms with E-state index in [0.717, 1.165) is 22.6 Å². The molecule has 0 aliphatic carbocycles. The Morgan fingerprint density at radius 1 is 1.18 bits per heavy atom. The van der Waals surface area contributed by atoms with Crippen LogP contribution in [0.15, 0.2) is 30.3 Å². The van der Waals surface area contributed by atoms with Crippen LogP contribution in [0.3, 0.4) is 0 Å². The molecule has 6 nitrogen and oxygen atoms in total. The zero-order valence-corrected chi connectivity index (χ0v) is 17.2. The van der Waals surface area contributed by atoms with Gasteiger partial charge < -0.3 is 14.8 Å². The third-order valence-electron chi connectivity index (χ3n) is 4.65. The third kappa shape index (κ3) is 3.88. The van der Waals surface area contributed by atoms with Gasteiger partial charge in [-0.1, -0.05) is 37.0 Å². The van der Waals surface area contributed by atoms with Crippen LogP contribution in [-0.4, -0.2) is 25.6 Å². The number of nitrogens with zero attached hydrogens (tertiary/aromatic N) is 1. The van der Waals surface area contributed by atoms with Crippen LogP contribution in [0.25, 0.3) is 0 Å². The fourth-order valence-electron chi connectivity index (χ4n) is 2.96. The minimum Gasteiger partial charge on any atom is -0.496 e. The highest BCUT2D eigenvalue weighted by atomic mass is 35.5. The molecule has 3 rings (SSSR count). The number of hydrogen-bond acceptors (Lipinski definition) is 4. The average Bonchev–Trinajstić information content (AvgIpc) is 3.02. The smallest absolute Gasteiger partial charge is 0.329 e. The number of anilines is 1. The van der Waals surface area contributed by atoms with Crippen LogP contribution in [0, 0.1) is 0 Å². The molecule has 0 bridgehead atoms. The first-order valence-corrected chi connectivity index (χ1v) is 9.56. The van der Waals surface area contributed by atoms with Crippen LogP contribution in [0.5, 0.6) is 17.2 Å². The maximum Gasteiger partial charge on any atom is 0.329 e. The number of carbonyl (C=O) groups is 2. The molecule has 1 N–H and O–H groups in total. The Hall–Kier alpha value is -2.44. The van der Waals surface area contributed by atoms with Gasteiger partial charge in [-0.25, -0.2) is 9.69 Å². The number of ether oxygens (including phenoxy) is 2. The lowest BCUT2D eigenvalue weighted by Gasteiger charge is -2.18. The van der Waals surface area contributed by atoms with Crippen molar-refractivity contribution >= 4 is 40.8 Å². The van der Waals surface area contributed by atoms with E-state index in [-0.39, 0.29) is 39.9 Å². The average molecular weight is 423 g/mol. The van der Waals surface area contributed by atoms with Gasteiger partial charge in [-0.3, -0.25) is 4.79 Å². The first kappa shape index (κ1) is 20.3. The molecule has 1 fully saturated rings. The number of amides is 3. The molecule has 1 saturated heterocycles. The molecular formula is C20H20Cl2N2O4. The number of nitrogens with one attached hydrogen (secondary N) is 1. The van der Waals surface area contributed by atoms with Gasteiger partial charge in [0.1, 0.15) is 11.5 Å². The first-order chi connectivity index (χ1) is 13.3. The Balaban J connectivity index is 1.93. The Kier molecular flexibility index (Phi) is 6.01. The predicted octanol–water partition coefficient (Wildman–Crippen LogP) is 5.36. The van der Waals surface area contributed by atoms with E-state index in [1.54, 1.807) is 13.2 Å². The van der Waals surface area contributed by atoms with Crippen molar-refractivity contribution in [2.45, 2.75) is 26.2 Å². The maximum atomic E-state index is 11.9. The molecule has 1 aliphatic heterocycles. The van der Waals surface area contributed by atoms with Crippen LogP contribution in [0.4, 0.5) is 10.5 Å². The molecule has 1 unspecified atom stereocenters. The number of rotatable bonds is 6. The highest BCUT2D eigenvalue weighted by Crippen LogP contribution is 2.41. The number of benzene rings is 2. The monoisotopic (exact) mass is 422 g/mol. The Morgan fingerprint density at radius 2 is 1.86 bits per heavy atom. The van der Waals surface area contributed by atoms with Crippen LogP contribution in [-0.2, 0) is 4.79 Å². The Labute approximate surface area is 173 Å². The van der Waals surface area contributed by atoms with Gasteiger partial charge in [0.15, 0.2) is 5.75 Å². The number of halogens is 2. The molecule has 1 heterocycles. The molecule has 8 heteroatoms. The zero-order chi connectivity index (χ0) is 20.4. The summed E-state index contributed by atoms with van der Waals surface area (Å²) < 4.78 is 11.4. The van der Waals surface area contributed by atoms with Gasteiger partial charge in [0.05, 0.1) is 29.4 Å². The van der Waals surface area contributed by atoms with E-state index < -0.39 is 6.03 Å². The largest absolute Gasteiger partial charge is 0.496 e.